The molecule has 0 bridgehead atoms. The Morgan fingerprint density at radius 3 is 3.08 bits per heavy atom. The highest BCUT2D eigenvalue weighted by atomic mass is 32.1. The van der Waals surface area contributed by atoms with Gasteiger partial charge in [0, 0.05) is 24.7 Å². The molecule has 7 heteroatoms. The van der Waals surface area contributed by atoms with Gasteiger partial charge in [0.1, 0.15) is 0 Å². The van der Waals surface area contributed by atoms with Gasteiger partial charge in [-0.15, -0.1) is 0 Å². The van der Waals surface area contributed by atoms with Crippen molar-refractivity contribution in [3.63, 3.8) is 0 Å². The number of aryl methyl sites for hydroxylation is 1. The molecule has 1 aliphatic rings. The number of carbonyl (C=O) groups excluding carboxylic acids is 1. The zero-order valence-corrected chi connectivity index (χ0v) is 14.6. The number of benzene rings is 1. The summed E-state index contributed by atoms with van der Waals surface area (Å²) >= 11 is 1.66. The molecule has 2 aromatic heterocycles. The topological polar surface area (TPSA) is 71.3 Å². The highest BCUT2D eigenvalue weighted by Crippen LogP contribution is 2.33. The van der Waals surface area contributed by atoms with Crippen LogP contribution in [0.4, 0.5) is 10.5 Å². The molecule has 1 N–H and O–H groups in total. The Hall–Kier alpha value is -2.67. The highest BCUT2D eigenvalue weighted by Gasteiger charge is 2.30. The number of amides is 2. The van der Waals surface area contributed by atoms with E-state index in [0.717, 1.165) is 30.6 Å². The minimum atomic E-state index is -0.0739. The van der Waals surface area contributed by atoms with E-state index in [9.17, 15) is 4.79 Å². The molecule has 1 aliphatic heterocycles. The first-order valence-corrected chi connectivity index (χ1v) is 9.15. The summed E-state index contributed by atoms with van der Waals surface area (Å²) in [4.78, 5) is 18.9. The number of nitrogens with zero attached hydrogens (tertiary/aromatic N) is 3. The van der Waals surface area contributed by atoms with Gasteiger partial charge >= 0.3 is 6.03 Å². The Morgan fingerprint density at radius 1 is 1.40 bits per heavy atom. The second kappa shape index (κ2) is 6.68. The van der Waals surface area contributed by atoms with Crippen LogP contribution >= 0.6 is 11.3 Å². The molecule has 3 heterocycles. The van der Waals surface area contributed by atoms with E-state index in [1.807, 2.05) is 29.2 Å². The number of nitrogens with one attached hydrogen (secondary N) is 1. The number of hydrogen-bond acceptors (Lipinski definition) is 5. The number of carbonyl (C=O) groups is 1. The van der Waals surface area contributed by atoms with Gasteiger partial charge in [0.2, 0.25) is 11.7 Å². The van der Waals surface area contributed by atoms with Gasteiger partial charge in [-0.2, -0.15) is 16.3 Å². The number of likely N-dealkylation sites (tertiary alicyclic amines) is 1. The zero-order chi connectivity index (χ0) is 17.2. The van der Waals surface area contributed by atoms with Gasteiger partial charge in [0.25, 0.3) is 0 Å². The molecule has 2 amide bonds. The summed E-state index contributed by atoms with van der Waals surface area (Å²) in [5.41, 5.74) is 2.75. The lowest BCUT2D eigenvalue weighted by Crippen LogP contribution is -2.34. The molecule has 0 aliphatic carbocycles. The second-order valence-corrected chi connectivity index (χ2v) is 6.84. The van der Waals surface area contributed by atoms with E-state index in [4.69, 9.17) is 4.52 Å². The summed E-state index contributed by atoms with van der Waals surface area (Å²) in [6.45, 7) is 2.52. The SMILES string of the molecule is Cc1nc(-c2cccc(NC(=O)N3CCC[C@H]3c3ccsc3)c2)no1. The average Bonchev–Trinajstić information content (AvgIpc) is 3.36. The Kier molecular flexibility index (Phi) is 4.23. The molecule has 0 radical (unpaired) electrons. The Balaban J connectivity index is 1.51. The molecule has 6 nitrogen and oxygen atoms in total. The van der Waals surface area contributed by atoms with E-state index in [1.54, 1.807) is 18.3 Å². The van der Waals surface area contributed by atoms with Crippen LogP contribution in [0.1, 0.15) is 30.3 Å². The van der Waals surface area contributed by atoms with Crippen molar-refractivity contribution in [1.29, 1.82) is 0 Å². The lowest BCUT2D eigenvalue weighted by atomic mass is 10.1. The molecule has 25 heavy (non-hydrogen) atoms. The minimum absolute atomic E-state index is 0.0739. The van der Waals surface area contributed by atoms with Gasteiger partial charge in [-0.3, -0.25) is 0 Å². The third kappa shape index (κ3) is 3.28. The van der Waals surface area contributed by atoms with Crippen molar-refractivity contribution >= 4 is 23.1 Å². The van der Waals surface area contributed by atoms with Crippen molar-refractivity contribution in [2.45, 2.75) is 25.8 Å². The predicted molar refractivity (Wildman–Crippen MR) is 96.5 cm³/mol. The monoisotopic (exact) mass is 354 g/mol. The van der Waals surface area contributed by atoms with Crippen LogP contribution in [0, 0.1) is 6.92 Å². The molecule has 1 aromatic carbocycles. The number of aromatic nitrogens is 2. The lowest BCUT2D eigenvalue weighted by Gasteiger charge is -2.24. The van der Waals surface area contributed by atoms with Crippen molar-refractivity contribution in [3.8, 4) is 11.4 Å². The molecular weight excluding hydrogens is 336 g/mol. The molecule has 0 unspecified atom stereocenters. The summed E-state index contributed by atoms with van der Waals surface area (Å²) in [6.07, 6.45) is 2.03. The van der Waals surface area contributed by atoms with Crippen LogP contribution in [0.5, 0.6) is 0 Å². The van der Waals surface area contributed by atoms with E-state index < -0.39 is 0 Å². The number of hydrogen-bond donors (Lipinski definition) is 1. The third-order valence-electron chi connectivity index (χ3n) is 4.34. The summed E-state index contributed by atoms with van der Waals surface area (Å²) in [5, 5.41) is 11.1. The molecule has 1 atom stereocenters. The molecule has 0 saturated carbocycles. The third-order valence-corrected chi connectivity index (χ3v) is 5.04. The number of rotatable bonds is 3. The van der Waals surface area contributed by atoms with Crippen LogP contribution in [0.15, 0.2) is 45.6 Å². The first-order chi connectivity index (χ1) is 12.2. The van der Waals surface area contributed by atoms with Gasteiger partial charge < -0.3 is 14.7 Å². The van der Waals surface area contributed by atoms with Crippen LogP contribution in [-0.2, 0) is 0 Å². The van der Waals surface area contributed by atoms with Crippen LogP contribution in [0.2, 0.25) is 0 Å². The fourth-order valence-electron chi connectivity index (χ4n) is 3.17. The molecule has 3 aromatic rings. The van der Waals surface area contributed by atoms with Crippen molar-refractivity contribution in [1.82, 2.24) is 15.0 Å². The number of urea groups is 1. The van der Waals surface area contributed by atoms with Gasteiger partial charge in [-0.05, 0) is 47.4 Å². The normalized spacial score (nSPS) is 17.0. The average molecular weight is 354 g/mol. The van der Waals surface area contributed by atoms with Crippen LogP contribution in [0.25, 0.3) is 11.4 Å². The maximum Gasteiger partial charge on any atom is 0.322 e. The fourth-order valence-corrected chi connectivity index (χ4v) is 3.88. The number of anilines is 1. The minimum Gasteiger partial charge on any atom is -0.339 e. The van der Waals surface area contributed by atoms with Gasteiger partial charge in [0.15, 0.2) is 0 Å². The fraction of sp³-hybridized carbons (Fsp3) is 0.278. The quantitative estimate of drug-likeness (QED) is 0.753. The predicted octanol–water partition coefficient (Wildman–Crippen LogP) is 4.48. The molecule has 128 valence electrons. The van der Waals surface area contributed by atoms with E-state index in [2.05, 4.69) is 32.3 Å². The molecular formula is C18H18N4O2S. The smallest absolute Gasteiger partial charge is 0.322 e. The van der Waals surface area contributed by atoms with Crippen molar-refractivity contribution in [2.75, 3.05) is 11.9 Å². The first-order valence-electron chi connectivity index (χ1n) is 8.21. The highest BCUT2D eigenvalue weighted by molar-refractivity contribution is 7.08. The van der Waals surface area contributed by atoms with E-state index >= 15 is 0 Å². The largest absolute Gasteiger partial charge is 0.339 e. The first kappa shape index (κ1) is 15.8. The summed E-state index contributed by atoms with van der Waals surface area (Å²) < 4.78 is 5.02. The summed E-state index contributed by atoms with van der Waals surface area (Å²) in [5.74, 6) is 1.03. The molecule has 1 fully saturated rings. The van der Waals surface area contributed by atoms with Crippen molar-refractivity contribution in [3.05, 3.63) is 52.5 Å². The van der Waals surface area contributed by atoms with E-state index in [0.29, 0.717) is 11.7 Å². The Labute approximate surface area is 149 Å². The van der Waals surface area contributed by atoms with Crippen molar-refractivity contribution in [2.24, 2.45) is 0 Å². The zero-order valence-electron chi connectivity index (χ0n) is 13.8. The molecule has 4 rings (SSSR count). The molecule has 0 spiro atoms. The Bertz CT molecular complexity index is 875. The van der Waals surface area contributed by atoms with Crippen LogP contribution in [-0.4, -0.2) is 27.6 Å². The lowest BCUT2D eigenvalue weighted by molar-refractivity contribution is 0.207. The van der Waals surface area contributed by atoms with Gasteiger partial charge in [0.05, 0.1) is 6.04 Å². The second-order valence-electron chi connectivity index (χ2n) is 6.06. The maximum atomic E-state index is 12.7. The standard InChI is InChI=1S/C18H18N4O2S/c1-12-19-17(21-24-12)13-4-2-5-15(10-13)20-18(23)22-8-3-6-16(22)14-7-9-25-11-14/h2,4-5,7,9-11,16H,3,6,8H2,1H3,(H,20,23)/t16-/m0/s1. The van der Waals surface area contributed by atoms with E-state index in [1.165, 1.54) is 5.56 Å². The number of thiophene rings is 1. The van der Waals surface area contributed by atoms with Gasteiger partial charge in [-0.1, -0.05) is 17.3 Å². The van der Waals surface area contributed by atoms with Gasteiger partial charge in [-0.25, -0.2) is 4.79 Å². The Morgan fingerprint density at radius 2 is 2.32 bits per heavy atom. The maximum absolute atomic E-state index is 12.7. The molecule has 1 saturated heterocycles. The van der Waals surface area contributed by atoms with E-state index in [-0.39, 0.29) is 12.1 Å². The summed E-state index contributed by atoms with van der Waals surface area (Å²) in [7, 11) is 0. The van der Waals surface area contributed by atoms with Crippen LogP contribution < -0.4 is 5.32 Å². The van der Waals surface area contributed by atoms with Crippen LogP contribution in [0.3, 0.4) is 0 Å². The van der Waals surface area contributed by atoms with Crippen molar-refractivity contribution < 1.29 is 9.32 Å². The summed E-state index contributed by atoms with van der Waals surface area (Å²) in [6, 6.07) is 9.67.